The van der Waals surface area contributed by atoms with Gasteiger partial charge in [0.15, 0.2) is 0 Å². The molecule has 0 bridgehead atoms. The summed E-state index contributed by atoms with van der Waals surface area (Å²) in [6.45, 7) is 1.57. The molecule has 1 N–H and O–H groups in total. The van der Waals surface area contributed by atoms with Gasteiger partial charge in [0.05, 0.1) is 0 Å². The summed E-state index contributed by atoms with van der Waals surface area (Å²) in [5.74, 6) is 0. The summed E-state index contributed by atoms with van der Waals surface area (Å²) in [7, 11) is 0. The Morgan fingerprint density at radius 3 is 2.40 bits per heavy atom. The first-order valence-corrected chi connectivity index (χ1v) is 3.53. The second kappa shape index (κ2) is 3.53. The second-order valence-corrected chi connectivity index (χ2v) is 2.44. The van der Waals surface area contributed by atoms with E-state index in [4.69, 9.17) is 5.21 Å². The lowest BCUT2D eigenvalue weighted by molar-refractivity contribution is -0.229. The molecule has 4 nitrogen and oxygen atoms in total. The third kappa shape index (κ3) is 1.68. The molecule has 1 saturated heterocycles. The molecule has 0 aliphatic carbocycles. The van der Waals surface area contributed by atoms with Gasteiger partial charge < -0.3 is 0 Å². The molecule has 4 heteroatoms. The number of carbonyl (C=O) groups is 1. The van der Waals surface area contributed by atoms with Crippen LogP contribution in [-0.4, -0.2) is 34.9 Å². The van der Waals surface area contributed by atoms with Crippen molar-refractivity contribution >= 4 is 6.41 Å². The van der Waals surface area contributed by atoms with Crippen LogP contribution in [0.5, 0.6) is 0 Å². The van der Waals surface area contributed by atoms with Crippen molar-refractivity contribution in [3.8, 4) is 0 Å². The highest BCUT2D eigenvalue weighted by Crippen LogP contribution is 2.08. The van der Waals surface area contributed by atoms with Gasteiger partial charge in [0.25, 0.3) is 0 Å². The Kier molecular flexibility index (Phi) is 2.65. The monoisotopic (exact) mass is 144 g/mol. The van der Waals surface area contributed by atoms with Crippen molar-refractivity contribution in [1.29, 1.82) is 0 Å². The first kappa shape index (κ1) is 7.50. The highest BCUT2D eigenvalue weighted by molar-refractivity contribution is 5.43. The number of carbonyl (C=O) groups excluding carboxylic acids is 1. The van der Waals surface area contributed by atoms with Crippen LogP contribution in [0, 0.1) is 0 Å². The minimum atomic E-state index is 0.422. The molecule has 0 aromatic rings. The van der Waals surface area contributed by atoms with Crippen LogP contribution in [0.25, 0.3) is 0 Å². The van der Waals surface area contributed by atoms with E-state index in [2.05, 4.69) is 0 Å². The van der Waals surface area contributed by atoms with Gasteiger partial charge in [-0.2, -0.15) is 10.2 Å². The number of hydrogen-bond donors (Lipinski definition) is 1. The van der Waals surface area contributed by atoms with Crippen LogP contribution in [-0.2, 0) is 4.79 Å². The summed E-state index contributed by atoms with van der Waals surface area (Å²) in [5.41, 5.74) is 0. The largest absolute Gasteiger partial charge is 0.275 e. The number of hydrogen-bond acceptors (Lipinski definition) is 3. The third-order valence-corrected chi connectivity index (χ3v) is 1.72. The van der Waals surface area contributed by atoms with Crippen molar-refractivity contribution in [3.63, 3.8) is 0 Å². The number of amides is 1. The smallest absolute Gasteiger partial charge is 0.249 e. The lowest BCUT2D eigenvalue weighted by Gasteiger charge is -2.29. The van der Waals surface area contributed by atoms with Crippen LogP contribution in [0.2, 0.25) is 0 Å². The van der Waals surface area contributed by atoms with Crippen LogP contribution < -0.4 is 0 Å². The molecule has 10 heavy (non-hydrogen) atoms. The van der Waals surface area contributed by atoms with E-state index >= 15 is 0 Å². The van der Waals surface area contributed by atoms with Gasteiger partial charge in [-0.05, 0) is 12.8 Å². The zero-order valence-corrected chi connectivity index (χ0v) is 5.86. The van der Waals surface area contributed by atoms with Gasteiger partial charge in [0, 0.05) is 13.1 Å². The molecule has 1 rings (SSSR count). The molecule has 0 unspecified atom stereocenters. The van der Waals surface area contributed by atoms with Crippen LogP contribution in [0.4, 0.5) is 0 Å². The maximum atomic E-state index is 10.0. The summed E-state index contributed by atoms with van der Waals surface area (Å²) in [6, 6.07) is 0. The Labute approximate surface area is 60.0 Å². The zero-order chi connectivity index (χ0) is 7.40. The summed E-state index contributed by atoms with van der Waals surface area (Å²) >= 11 is 0. The van der Waals surface area contributed by atoms with Crippen molar-refractivity contribution in [1.82, 2.24) is 10.2 Å². The minimum Gasteiger partial charge on any atom is -0.275 e. The number of hydrazine groups is 1. The maximum Gasteiger partial charge on any atom is 0.249 e. The zero-order valence-electron chi connectivity index (χ0n) is 5.86. The SMILES string of the molecule is O=CN(O)N1CCCCC1. The lowest BCUT2D eigenvalue weighted by Crippen LogP contribution is -2.42. The molecule has 0 radical (unpaired) electrons. The van der Waals surface area contributed by atoms with E-state index in [9.17, 15) is 4.79 Å². The molecule has 0 spiro atoms. The first-order valence-electron chi connectivity index (χ1n) is 3.53. The van der Waals surface area contributed by atoms with Crippen LogP contribution in [0.1, 0.15) is 19.3 Å². The standard InChI is InChI=1S/C6H12N2O2/c9-6-8(10)7-4-2-1-3-5-7/h6,10H,1-5H2. The van der Waals surface area contributed by atoms with E-state index in [-0.39, 0.29) is 0 Å². The number of hydroxylamine groups is 1. The average molecular weight is 144 g/mol. The Balaban J connectivity index is 2.30. The molecular weight excluding hydrogens is 132 g/mol. The number of piperidine rings is 1. The predicted molar refractivity (Wildman–Crippen MR) is 35.1 cm³/mol. The fraction of sp³-hybridized carbons (Fsp3) is 0.833. The predicted octanol–water partition coefficient (Wildman–Crippen LogP) is 0.235. The summed E-state index contributed by atoms with van der Waals surface area (Å²) < 4.78 is 0. The molecule has 1 aliphatic rings. The molecule has 1 amide bonds. The van der Waals surface area contributed by atoms with Gasteiger partial charge >= 0.3 is 0 Å². The van der Waals surface area contributed by atoms with Gasteiger partial charge in [-0.25, -0.2) is 0 Å². The van der Waals surface area contributed by atoms with Crippen molar-refractivity contribution in [2.75, 3.05) is 13.1 Å². The van der Waals surface area contributed by atoms with Crippen molar-refractivity contribution in [2.24, 2.45) is 0 Å². The highest BCUT2D eigenvalue weighted by atomic mass is 16.6. The third-order valence-electron chi connectivity index (χ3n) is 1.72. The van der Waals surface area contributed by atoms with Crippen molar-refractivity contribution in [3.05, 3.63) is 0 Å². The van der Waals surface area contributed by atoms with Crippen molar-refractivity contribution in [2.45, 2.75) is 19.3 Å². The van der Waals surface area contributed by atoms with Crippen LogP contribution in [0.3, 0.4) is 0 Å². The molecule has 0 atom stereocenters. The van der Waals surface area contributed by atoms with E-state index in [1.807, 2.05) is 0 Å². The lowest BCUT2D eigenvalue weighted by atomic mass is 10.2. The second-order valence-electron chi connectivity index (χ2n) is 2.44. The maximum absolute atomic E-state index is 10.0. The van der Waals surface area contributed by atoms with Crippen molar-refractivity contribution < 1.29 is 10.0 Å². The molecule has 0 aromatic heterocycles. The normalized spacial score (nSPS) is 20.5. The van der Waals surface area contributed by atoms with Gasteiger partial charge in [0.2, 0.25) is 6.41 Å². The van der Waals surface area contributed by atoms with E-state index < -0.39 is 0 Å². The van der Waals surface area contributed by atoms with Gasteiger partial charge in [-0.3, -0.25) is 10.0 Å². The summed E-state index contributed by atoms with van der Waals surface area (Å²) in [4.78, 5) is 10.0. The fourth-order valence-corrected chi connectivity index (χ4v) is 1.15. The van der Waals surface area contributed by atoms with E-state index in [1.54, 1.807) is 5.01 Å². The van der Waals surface area contributed by atoms with Crippen LogP contribution in [0.15, 0.2) is 0 Å². The van der Waals surface area contributed by atoms with E-state index in [0.717, 1.165) is 25.9 Å². The summed E-state index contributed by atoms with van der Waals surface area (Å²) in [5, 5.41) is 11.1. The number of nitrogens with zero attached hydrogens (tertiary/aromatic N) is 2. The van der Waals surface area contributed by atoms with Crippen LogP contribution >= 0.6 is 0 Å². The molecule has 1 heterocycles. The van der Waals surface area contributed by atoms with Gasteiger partial charge in [0.1, 0.15) is 0 Å². The Morgan fingerprint density at radius 1 is 1.30 bits per heavy atom. The highest BCUT2D eigenvalue weighted by Gasteiger charge is 2.13. The topological polar surface area (TPSA) is 43.8 Å². The van der Waals surface area contributed by atoms with Gasteiger partial charge in [-0.15, -0.1) is 0 Å². The molecular formula is C6H12N2O2. The van der Waals surface area contributed by atoms with E-state index in [1.165, 1.54) is 6.42 Å². The Morgan fingerprint density at radius 2 is 1.90 bits per heavy atom. The quantitative estimate of drug-likeness (QED) is 0.343. The van der Waals surface area contributed by atoms with E-state index in [0.29, 0.717) is 11.6 Å². The Bertz CT molecular complexity index is 112. The number of rotatable bonds is 2. The minimum absolute atomic E-state index is 0.422. The molecule has 0 aromatic carbocycles. The fourth-order valence-electron chi connectivity index (χ4n) is 1.15. The van der Waals surface area contributed by atoms with Gasteiger partial charge in [-0.1, -0.05) is 6.42 Å². The molecule has 1 aliphatic heterocycles. The average Bonchev–Trinajstić information content (AvgIpc) is 2.05. The molecule has 1 fully saturated rings. The summed E-state index contributed by atoms with van der Waals surface area (Å²) in [6.07, 6.45) is 3.74. The Hall–Kier alpha value is -0.610. The first-order chi connectivity index (χ1) is 4.84. The molecule has 58 valence electrons. The molecule has 0 saturated carbocycles.